The molecule has 0 unspecified atom stereocenters. The highest BCUT2D eigenvalue weighted by molar-refractivity contribution is 6.31. The van der Waals surface area contributed by atoms with Crippen LogP contribution in [0, 0.1) is 0 Å². The zero-order valence-electron chi connectivity index (χ0n) is 11.9. The molecule has 0 radical (unpaired) electrons. The summed E-state index contributed by atoms with van der Waals surface area (Å²) in [6, 6.07) is 1.69. The monoisotopic (exact) mass is 297 g/mol. The Kier molecular flexibility index (Phi) is 5.82. The van der Waals surface area contributed by atoms with E-state index in [0.29, 0.717) is 29.4 Å². The Morgan fingerprint density at radius 2 is 2.25 bits per heavy atom. The van der Waals surface area contributed by atoms with Crippen molar-refractivity contribution >= 4 is 29.5 Å². The first-order chi connectivity index (χ1) is 9.29. The Hall–Kier alpha value is -1.75. The lowest BCUT2D eigenvalue weighted by molar-refractivity contribution is 0.0529. The van der Waals surface area contributed by atoms with E-state index in [9.17, 15) is 4.79 Å². The van der Waals surface area contributed by atoms with E-state index in [4.69, 9.17) is 22.1 Å². The van der Waals surface area contributed by atoms with Gasteiger partial charge in [0.2, 0.25) is 0 Å². The average molecular weight is 298 g/mol. The van der Waals surface area contributed by atoms with Gasteiger partial charge in [-0.25, -0.2) is 9.78 Å². The number of nitrogens with zero attached hydrogens (tertiary/aromatic N) is 1. The van der Waals surface area contributed by atoms with E-state index in [1.165, 1.54) is 0 Å². The number of amides is 1. The minimum Gasteiger partial charge on any atom is -0.444 e. The highest BCUT2D eigenvalue weighted by Crippen LogP contribution is 2.20. The van der Waals surface area contributed by atoms with Crippen LogP contribution in [-0.4, -0.2) is 23.2 Å². The summed E-state index contributed by atoms with van der Waals surface area (Å²) in [6.45, 7) is 5.93. The zero-order valence-corrected chi connectivity index (χ0v) is 12.7. The molecule has 0 spiro atoms. The number of carbonyl (C=O) groups is 1. The van der Waals surface area contributed by atoms with Crippen LogP contribution in [0.3, 0.4) is 0 Å². The maximum Gasteiger partial charge on any atom is 0.407 e. The number of halogens is 1. The van der Waals surface area contributed by atoms with Crippen LogP contribution in [0.5, 0.6) is 0 Å². The number of carbonyl (C=O) groups excluding carboxylic acids is 1. The lowest BCUT2D eigenvalue weighted by Crippen LogP contribution is -2.32. The van der Waals surface area contributed by atoms with Gasteiger partial charge in [0.15, 0.2) is 0 Å². The molecule has 1 amide bonds. The van der Waals surface area contributed by atoms with E-state index in [1.807, 2.05) is 26.8 Å². The predicted molar refractivity (Wildman–Crippen MR) is 81.5 cm³/mol. The molecule has 0 aliphatic rings. The van der Waals surface area contributed by atoms with Gasteiger partial charge >= 0.3 is 6.09 Å². The normalized spacial score (nSPS) is 11.6. The molecule has 0 aromatic carbocycles. The predicted octanol–water partition coefficient (Wildman–Crippen LogP) is 3.25. The third-order valence-corrected chi connectivity index (χ3v) is 2.54. The van der Waals surface area contributed by atoms with Gasteiger partial charge in [0.05, 0.1) is 0 Å². The molecule has 0 saturated heterocycles. The minimum absolute atomic E-state index is 0.362. The molecule has 0 aliphatic heterocycles. The molecule has 0 bridgehead atoms. The van der Waals surface area contributed by atoms with E-state index in [-0.39, 0.29) is 0 Å². The molecule has 20 heavy (non-hydrogen) atoms. The number of hydrogen-bond acceptors (Lipinski definition) is 4. The molecule has 6 heteroatoms. The quantitative estimate of drug-likeness (QED) is 0.660. The SMILES string of the molecule is CC(C)(C)OC(=O)NCCC=Cc1c(N)ccnc1Cl. The molecular weight excluding hydrogens is 278 g/mol. The van der Waals surface area contributed by atoms with E-state index >= 15 is 0 Å². The number of hydrogen-bond donors (Lipinski definition) is 2. The van der Waals surface area contributed by atoms with Gasteiger partial charge in [0, 0.05) is 24.0 Å². The molecule has 5 nitrogen and oxygen atoms in total. The highest BCUT2D eigenvalue weighted by Gasteiger charge is 2.15. The zero-order chi connectivity index (χ0) is 15.2. The van der Waals surface area contributed by atoms with Crippen LogP contribution in [0.15, 0.2) is 18.3 Å². The number of rotatable bonds is 4. The molecular formula is C14H20ClN3O2. The highest BCUT2D eigenvalue weighted by atomic mass is 35.5. The van der Waals surface area contributed by atoms with Crippen molar-refractivity contribution < 1.29 is 9.53 Å². The summed E-state index contributed by atoms with van der Waals surface area (Å²) in [5.41, 5.74) is 6.56. The van der Waals surface area contributed by atoms with Crippen LogP contribution >= 0.6 is 11.6 Å². The second kappa shape index (κ2) is 7.14. The summed E-state index contributed by atoms with van der Waals surface area (Å²) in [5, 5.41) is 3.02. The van der Waals surface area contributed by atoms with Crippen LogP contribution in [-0.2, 0) is 4.74 Å². The van der Waals surface area contributed by atoms with Gasteiger partial charge in [0.1, 0.15) is 10.8 Å². The number of aromatic nitrogens is 1. The minimum atomic E-state index is -0.488. The van der Waals surface area contributed by atoms with Crippen molar-refractivity contribution in [2.45, 2.75) is 32.8 Å². The summed E-state index contributed by atoms with van der Waals surface area (Å²) < 4.78 is 5.12. The first-order valence-electron chi connectivity index (χ1n) is 6.33. The van der Waals surface area contributed by atoms with E-state index in [2.05, 4.69) is 10.3 Å². The summed E-state index contributed by atoms with van der Waals surface area (Å²) in [5.74, 6) is 0. The molecule has 3 N–H and O–H groups in total. The summed E-state index contributed by atoms with van der Waals surface area (Å²) in [6.07, 6.45) is 5.44. The van der Waals surface area contributed by atoms with Gasteiger partial charge in [-0.3, -0.25) is 0 Å². The van der Waals surface area contributed by atoms with E-state index in [1.54, 1.807) is 18.3 Å². The first-order valence-corrected chi connectivity index (χ1v) is 6.71. The fraction of sp³-hybridized carbons (Fsp3) is 0.429. The number of anilines is 1. The number of pyridine rings is 1. The third kappa shape index (κ3) is 5.93. The Labute approximate surface area is 124 Å². The van der Waals surface area contributed by atoms with Crippen LogP contribution < -0.4 is 11.1 Å². The molecule has 0 aliphatic carbocycles. The van der Waals surface area contributed by atoms with Gasteiger partial charge in [-0.2, -0.15) is 0 Å². The number of nitrogens with one attached hydrogen (secondary N) is 1. The van der Waals surface area contributed by atoms with E-state index < -0.39 is 11.7 Å². The van der Waals surface area contributed by atoms with Crippen molar-refractivity contribution in [2.24, 2.45) is 0 Å². The Morgan fingerprint density at radius 1 is 1.55 bits per heavy atom. The smallest absolute Gasteiger partial charge is 0.407 e. The average Bonchev–Trinajstić information content (AvgIpc) is 2.29. The molecule has 1 rings (SSSR count). The van der Waals surface area contributed by atoms with Crippen molar-refractivity contribution in [3.05, 3.63) is 29.1 Å². The second-order valence-electron chi connectivity index (χ2n) is 5.22. The topological polar surface area (TPSA) is 77.2 Å². The van der Waals surface area contributed by atoms with Crippen molar-refractivity contribution in [1.82, 2.24) is 10.3 Å². The molecule has 110 valence electrons. The third-order valence-electron chi connectivity index (χ3n) is 2.24. The molecule has 0 fully saturated rings. The first kappa shape index (κ1) is 16.3. The fourth-order valence-corrected chi connectivity index (χ4v) is 1.63. The van der Waals surface area contributed by atoms with Crippen LogP contribution in [0.4, 0.5) is 10.5 Å². The molecule has 1 aromatic rings. The van der Waals surface area contributed by atoms with Crippen molar-refractivity contribution in [1.29, 1.82) is 0 Å². The van der Waals surface area contributed by atoms with E-state index in [0.717, 1.165) is 0 Å². The van der Waals surface area contributed by atoms with Crippen LogP contribution in [0.1, 0.15) is 32.8 Å². The number of nitrogen functional groups attached to an aromatic ring is 1. The summed E-state index contributed by atoms with van der Waals surface area (Å²) >= 11 is 5.93. The van der Waals surface area contributed by atoms with Crippen LogP contribution in [0.2, 0.25) is 5.15 Å². The maximum absolute atomic E-state index is 11.4. The van der Waals surface area contributed by atoms with Gasteiger partial charge < -0.3 is 15.8 Å². The van der Waals surface area contributed by atoms with Crippen LogP contribution in [0.25, 0.3) is 6.08 Å². The molecule has 1 heterocycles. The number of ether oxygens (including phenoxy) is 1. The van der Waals surface area contributed by atoms with Gasteiger partial charge in [-0.05, 0) is 33.3 Å². The summed E-state index contributed by atoms with van der Waals surface area (Å²) in [7, 11) is 0. The number of alkyl carbamates (subject to hydrolysis) is 1. The van der Waals surface area contributed by atoms with Gasteiger partial charge in [0.25, 0.3) is 0 Å². The Bertz CT molecular complexity index is 475. The van der Waals surface area contributed by atoms with Crippen molar-refractivity contribution in [3.63, 3.8) is 0 Å². The second-order valence-corrected chi connectivity index (χ2v) is 5.58. The molecule has 0 atom stereocenters. The van der Waals surface area contributed by atoms with Crippen molar-refractivity contribution in [3.8, 4) is 0 Å². The molecule has 0 saturated carbocycles. The molecule has 1 aromatic heterocycles. The lowest BCUT2D eigenvalue weighted by atomic mass is 10.2. The standard InChI is InChI=1S/C14H20ClN3O2/c1-14(2,3)20-13(19)18-8-5-4-6-10-11(16)7-9-17-12(10)15/h4,6-7,9H,5,8H2,1-3H3,(H2,16,17)(H,18,19). The lowest BCUT2D eigenvalue weighted by Gasteiger charge is -2.19. The largest absolute Gasteiger partial charge is 0.444 e. The Morgan fingerprint density at radius 3 is 2.85 bits per heavy atom. The van der Waals surface area contributed by atoms with Gasteiger partial charge in [-0.1, -0.05) is 23.8 Å². The van der Waals surface area contributed by atoms with Crippen molar-refractivity contribution in [2.75, 3.05) is 12.3 Å². The maximum atomic E-state index is 11.4. The fourth-order valence-electron chi connectivity index (χ4n) is 1.40. The van der Waals surface area contributed by atoms with Gasteiger partial charge in [-0.15, -0.1) is 0 Å². The number of nitrogens with two attached hydrogens (primary N) is 1. The summed E-state index contributed by atoms with van der Waals surface area (Å²) in [4.78, 5) is 15.3. The Balaban J connectivity index is 2.38.